The normalized spacial score (nSPS) is 17.8. The maximum Gasteiger partial charge on any atom is 0.276 e. The second-order valence-electron chi connectivity index (χ2n) is 5.44. The van der Waals surface area contributed by atoms with E-state index >= 15 is 0 Å². The molecule has 4 atom stereocenters. The number of nitrogens with zero attached hydrogens (tertiary/aromatic N) is 1. The summed E-state index contributed by atoms with van der Waals surface area (Å²) >= 11 is -4.38. The minimum absolute atomic E-state index is 0.234. The van der Waals surface area contributed by atoms with Crippen LogP contribution in [0.4, 0.5) is 0 Å². The molecule has 0 saturated heterocycles. The summed E-state index contributed by atoms with van der Waals surface area (Å²) < 4.78 is 65.8. The van der Waals surface area contributed by atoms with Gasteiger partial charge in [-0.2, -0.15) is 12.7 Å². The van der Waals surface area contributed by atoms with Gasteiger partial charge in [-0.05, 0) is 12.8 Å². The number of rotatable bonds is 13. The van der Waals surface area contributed by atoms with Gasteiger partial charge in [0.25, 0.3) is 10.2 Å². The smallest absolute Gasteiger partial charge is 0.276 e. The Morgan fingerprint density at radius 3 is 1.52 bits per heavy atom. The fourth-order valence-corrected chi connectivity index (χ4v) is 4.43. The standard InChI is InChI=1S/C12H28N2O6S3/c1-3-5-7-11(21(15)16)9-14(23(13,19)20)10-12(22(17)18)8-6-4-2/h11-12H,3-10H2,1-2H3,(H,15,16)(H,17,18)(H2,13,19,20). The number of hydrogen-bond donors (Lipinski definition) is 3. The fourth-order valence-electron chi connectivity index (χ4n) is 2.11. The van der Waals surface area contributed by atoms with Crippen molar-refractivity contribution in [2.75, 3.05) is 13.1 Å². The highest BCUT2D eigenvalue weighted by Gasteiger charge is 2.29. The van der Waals surface area contributed by atoms with Gasteiger partial charge in [0, 0.05) is 13.1 Å². The molecule has 0 aliphatic rings. The van der Waals surface area contributed by atoms with Gasteiger partial charge in [-0.25, -0.2) is 13.6 Å². The summed E-state index contributed by atoms with van der Waals surface area (Å²) in [6, 6.07) is 0. The van der Waals surface area contributed by atoms with E-state index in [1.807, 2.05) is 13.8 Å². The van der Waals surface area contributed by atoms with Crippen LogP contribution >= 0.6 is 0 Å². The quantitative estimate of drug-likeness (QED) is 0.401. The van der Waals surface area contributed by atoms with E-state index in [0.717, 1.165) is 17.1 Å². The van der Waals surface area contributed by atoms with Crippen LogP contribution in [-0.4, -0.2) is 53.8 Å². The van der Waals surface area contributed by atoms with Crippen molar-refractivity contribution in [2.45, 2.75) is 62.9 Å². The molecular weight excluding hydrogens is 364 g/mol. The van der Waals surface area contributed by atoms with Gasteiger partial charge in [-0.15, -0.1) is 0 Å². The first kappa shape index (κ1) is 23.1. The van der Waals surface area contributed by atoms with Gasteiger partial charge in [0.2, 0.25) is 0 Å². The van der Waals surface area contributed by atoms with E-state index in [2.05, 4.69) is 0 Å². The molecule has 0 aliphatic carbocycles. The molecule has 0 aliphatic heterocycles. The van der Waals surface area contributed by atoms with Crippen molar-refractivity contribution >= 4 is 32.4 Å². The molecule has 0 aromatic heterocycles. The number of hydrogen-bond acceptors (Lipinski definition) is 4. The molecule has 0 spiro atoms. The van der Waals surface area contributed by atoms with Crippen LogP contribution < -0.4 is 5.14 Å². The van der Waals surface area contributed by atoms with Gasteiger partial charge in [0.15, 0.2) is 22.2 Å². The molecule has 8 nitrogen and oxygen atoms in total. The Kier molecular flexibility index (Phi) is 11.7. The fraction of sp³-hybridized carbons (Fsp3) is 1.00. The first-order chi connectivity index (χ1) is 10.6. The van der Waals surface area contributed by atoms with E-state index in [0.29, 0.717) is 25.7 Å². The predicted molar refractivity (Wildman–Crippen MR) is 92.8 cm³/mol. The largest absolute Gasteiger partial charge is 0.306 e. The van der Waals surface area contributed by atoms with Crippen LogP contribution in [0.25, 0.3) is 0 Å². The molecular formula is C12H28N2O6S3. The van der Waals surface area contributed by atoms with Gasteiger partial charge in [-0.3, -0.25) is 0 Å². The molecule has 4 unspecified atom stereocenters. The van der Waals surface area contributed by atoms with Gasteiger partial charge in [-0.1, -0.05) is 39.5 Å². The van der Waals surface area contributed by atoms with Crippen LogP contribution in [-0.2, 0) is 32.4 Å². The van der Waals surface area contributed by atoms with Crippen molar-refractivity contribution < 1.29 is 25.9 Å². The van der Waals surface area contributed by atoms with Crippen LogP contribution in [0.5, 0.6) is 0 Å². The van der Waals surface area contributed by atoms with Crippen LogP contribution in [0.2, 0.25) is 0 Å². The third-order valence-corrected chi connectivity index (χ3v) is 6.43. The van der Waals surface area contributed by atoms with Crippen molar-refractivity contribution in [2.24, 2.45) is 5.14 Å². The molecule has 0 bridgehead atoms. The monoisotopic (exact) mass is 392 g/mol. The van der Waals surface area contributed by atoms with E-state index in [4.69, 9.17) is 5.14 Å². The molecule has 4 N–H and O–H groups in total. The maximum atomic E-state index is 11.7. The molecule has 0 saturated carbocycles. The minimum atomic E-state index is -4.13. The summed E-state index contributed by atoms with van der Waals surface area (Å²) in [5.74, 6) is 0. The third-order valence-electron chi connectivity index (χ3n) is 3.50. The van der Waals surface area contributed by atoms with Gasteiger partial charge >= 0.3 is 0 Å². The lowest BCUT2D eigenvalue weighted by Crippen LogP contribution is -2.46. The lowest BCUT2D eigenvalue weighted by atomic mass is 10.2. The molecule has 11 heteroatoms. The van der Waals surface area contributed by atoms with Crippen LogP contribution in [0.3, 0.4) is 0 Å². The Balaban J connectivity index is 5.12. The molecule has 0 amide bonds. The highest BCUT2D eigenvalue weighted by molar-refractivity contribution is 7.87. The van der Waals surface area contributed by atoms with Gasteiger partial charge < -0.3 is 9.11 Å². The van der Waals surface area contributed by atoms with Crippen molar-refractivity contribution in [3.8, 4) is 0 Å². The van der Waals surface area contributed by atoms with Crippen LogP contribution in [0.1, 0.15) is 52.4 Å². The summed E-state index contributed by atoms with van der Waals surface area (Å²) in [6.07, 6.45) is 3.74. The SMILES string of the molecule is CCCCC(CN(CC(CCCC)S(=O)O)S(N)(=O)=O)S(=O)O. The highest BCUT2D eigenvalue weighted by Crippen LogP contribution is 2.14. The lowest BCUT2D eigenvalue weighted by molar-refractivity contribution is 0.379. The van der Waals surface area contributed by atoms with Crippen molar-refractivity contribution in [1.29, 1.82) is 0 Å². The average Bonchev–Trinajstić information content (AvgIpc) is 2.43. The Bertz CT molecular complexity index is 457. The zero-order valence-electron chi connectivity index (χ0n) is 13.6. The molecule has 0 aromatic carbocycles. The third kappa shape index (κ3) is 9.85. The van der Waals surface area contributed by atoms with Crippen LogP contribution in [0, 0.1) is 0 Å². The van der Waals surface area contributed by atoms with Crippen molar-refractivity contribution in [3.63, 3.8) is 0 Å². The summed E-state index contributed by atoms with van der Waals surface area (Å²) in [6.45, 7) is 3.37. The molecule has 23 heavy (non-hydrogen) atoms. The molecule has 0 aromatic rings. The van der Waals surface area contributed by atoms with E-state index in [9.17, 15) is 25.9 Å². The van der Waals surface area contributed by atoms with Gasteiger partial charge in [0.05, 0.1) is 10.5 Å². The Labute approximate surface area is 144 Å². The second kappa shape index (κ2) is 11.6. The maximum absolute atomic E-state index is 11.7. The zero-order valence-corrected chi connectivity index (χ0v) is 16.0. The number of unbranched alkanes of at least 4 members (excludes halogenated alkanes) is 2. The van der Waals surface area contributed by atoms with Gasteiger partial charge in [0.1, 0.15) is 0 Å². The highest BCUT2D eigenvalue weighted by atomic mass is 32.2. The zero-order chi connectivity index (χ0) is 18.0. The van der Waals surface area contributed by atoms with E-state index in [1.54, 1.807) is 0 Å². The Hall–Kier alpha value is 0.0900. The predicted octanol–water partition coefficient (Wildman–Crippen LogP) is 1.05. The minimum Gasteiger partial charge on any atom is -0.306 e. The molecule has 0 fully saturated rings. The summed E-state index contributed by atoms with van der Waals surface area (Å²) in [5.41, 5.74) is 0. The van der Waals surface area contributed by atoms with E-state index in [1.165, 1.54) is 0 Å². The van der Waals surface area contributed by atoms with Crippen molar-refractivity contribution in [3.05, 3.63) is 0 Å². The van der Waals surface area contributed by atoms with E-state index in [-0.39, 0.29) is 13.1 Å². The number of nitrogens with two attached hydrogens (primary N) is 1. The van der Waals surface area contributed by atoms with E-state index < -0.39 is 42.9 Å². The second-order valence-corrected chi connectivity index (χ2v) is 9.43. The molecule has 0 heterocycles. The Morgan fingerprint density at radius 1 is 0.957 bits per heavy atom. The van der Waals surface area contributed by atoms with Crippen LogP contribution in [0.15, 0.2) is 0 Å². The molecule has 140 valence electrons. The first-order valence-electron chi connectivity index (χ1n) is 7.60. The Morgan fingerprint density at radius 2 is 1.30 bits per heavy atom. The lowest BCUT2D eigenvalue weighted by Gasteiger charge is -2.26. The summed E-state index contributed by atoms with van der Waals surface area (Å²) in [5, 5.41) is 3.63. The summed E-state index contributed by atoms with van der Waals surface area (Å²) in [4.78, 5) is 0. The summed E-state index contributed by atoms with van der Waals surface area (Å²) in [7, 11) is -4.13. The molecule has 0 radical (unpaired) electrons. The topological polar surface area (TPSA) is 138 Å². The average molecular weight is 393 g/mol. The first-order valence-corrected chi connectivity index (χ1v) is 11.4. The van der Waals surface area contributed by atoms with Crippen molar-refractivity contribution in [1.82, 2.24) is 4.31 Å². The molecule has 0 rings (SSSR count).